The second-order valence-electron chi connectivity index (χ2n) is 9.64. The molecule has 0 saturated carbocycles. The highest BCUT2D eigenvalue weighted by Crippen LogP contribution is 2.33. The summed E-state index contributed by atoms with van der Waals surface area (Å²) in [5.41, 5.74) is 1.14. The Hall–Kier alpha value is -4.21. The van der Waals surface area contributed by atoms with E-state index < -0.39 is 29.1 Å². The number of rotatable bonds is 12. The molecular formula is C31H31ClFN3O5. The predicted octanol–water partition coefficient (Wildman–Crippen LogP) is 5.03. The minimum atomic E-state index is -0.909. The predicted molar refractivity (Wildman–Crippen MR) is 156 cm³/mol. The lowest BCUT2D eigenvalue weighted by Crippen LogP contribution is -2.43. The zero-order valence-corrected chi connectivity index (χ0v) is 23.5. The van der Waals surface area contributed by atoms with Gasteiger partial charge in [-0.3, -0.25) is 18.7 Å². The van der Waals surface area contributed by atoms with Gasteiger partial charge in [-0.2, -0.15) is 0 Å². The molecule has 0 fully saturated rings. The monoisotopic (exact) mass is 579 g/mol. The average Bonchev–Trinajstić information content (AvgIpc) is 2.96. The number of halogens is 2. The molecule has 8 nitrogen and oxygen atoms in total. The van der Waals surface area contributed by atoms with Crippen molar-refractivity contribution in [2.75, 3.05) is 13.7 Å². The SMILES string of the molecule is COc1cccc(-c2cn(Cc3c(C)cccc3F)c(=O)n(CC(NCCCC(=O)O)c3ccccc3)c2=O)c1Cl. The molecule has 0 spiro atoms. The summed E-state index contributed by atoms with van der Waals surface area (Å²) >= 11 is 6.60. The van der Waals surface area contributed by atoms with Crippen LogP contribution in [0.15, 0.2) is 82.5 Å². The van der Waals surface area contributed by atoms with E-state index in [4.69, 9.17) is 21.4 Å². The van der Waals surface area contributed by atoms with Crippen LogP contribution >= 0.6 is 11.6 Å². The van der Waals surface area contributed by atoms with Gasteiger partial charge in [0.2, 0.25) is 0 Å². The van der Waals surface area contributed by atoms with Crippen LogP contribution in [-0.4, -0.2) is 33.9 Å². The molecule has 0 amide bonds. The second-order valence-corrected chi connectivity index (χ2v) is 10.0. The molecule has 4 aromatic rings. The number of aromatic nitrogens is 2. The highest BCUT2D eigenvalue weighted by molar-refractivity contribution is 6.34. The lowest BCUT2D eigenvalue weighted by atomic mass is 10.1. The molecule has 0 aliphatic rings. The van der Waals surface area contributed by atoms with E-state index in [1.165, 1.54) is 23.9 Å². The van der Waals surface area contributed by atoms with Crippen molar-refractivity contribution in [2.24, 2.45) is 0 Å². The third-order valence-corrected chi connectivity index (χ3v) is 7.31. The van der Waals surface area contributed by atoms with Crippen molar-refractivity contribution < 1.29 is 19.0 Å². The van der Waals surface area contributed by atoms with Crippen molar-refractivity contribution >= 4 is 17.6 Å². The fourth-order valence-corrected chi connectivity index (χ4v) is 5.00. The Bertz CT molecular complexity index is 1630. The van der Waals surface area contributed by atoms with Crippen LogP contribution in [0.5, 0.6) is 5.75 Å². The zero-order chi connectivity index (χ0) is 29.5. The van der Waals surface area contributed by atoms with Crippen LogP contribution in [-0.2, 0) is 17.9 Å². The third-order valence-electron chi connectivity index (χ3n) is 6.92. The molecule has 0 saturated heterocycles. The number of hydrogen-bond donors (Lipinski definition) is 2. The van der Waals surface area contributed by atoms with Gasteiger partial charge >= 0.3 is 11.7 Å². The maximum atomic E-state index is 14.8. The van der Waals surface area contributed by atoms with Crippen LogP contribution < -0.4 is 21.3 Å². The second kappa shape index (κ2) is 13.4. The largest absolute Gasteiger partial charge is 0.495 e. The molecule has 0 aliphatic carbocycles. The molecule has 214 valence electrons. The Morgan fingerprint density at radius 3 is 2.46 bits per heavy atom. The van der Waals surface area contributed by atoms with E-state index in [1.54, 1.807) is 37.3 Å². The van der Waals surface area contributed by atoms with Gasteiger partial charge in [0.1, 0.15) is 11.6 Å². The quantitative estimate of drug-likeness (QED) is 0.228. The number of carbonyl (C=O) groups is 1. The molecule has 0 radical (unpaired) electrons. The first kappa shape index (κ1) is 29.8. The van der Waals surface area contributed by atoms with Crippen LogP contribution in [0, 0.1) is 12.7 Å². The lowest BCUT2D eigenvalue weighted by molar-refractivity contribution is -0.137. The van der Waals surface area contributed by atoms with Crippen LogP contribution in [0.1, 0.15) is 35.6 Å². The highest BCUT2D eigenvalue weighted by atomic mass is 35.5. The molecule has 2 N–H and O–H groups in total. The van der Waals surface area contributed by atoms with Gasteiger partial charge in [0.25, 0.3) is 5.56 Å². The summed E-state index contributed by atoms with van der Waals surface area (Å²) in [6, 6.07) is 18.5. The Labute approximate surface area is 241 Å². The number of benzene rings is 3. The Kier molecular flexibility index (Phi) is 9.75. The molecule has 0 bridgehead atoms. The van der Waals surface area contributed by atoms with Crippen molar-refractivity contribution in [1.29, 1.82) is 0 Å². The standard InChI is InChI=1S/C31H31ClFN3O5/c1-20-9-6-13-25(33)23(20)17-35-18-24(22-12-7-14-27(41-2)29(22)32)30(39)36(31(35)40)19-26(21-10-4-3-5-11-21)34-16-8-15-28(37)38/h3-7,9-14,18,26,34H,8,15-17,19H2,1-2H3,(H,37,38). The van der Waals surface area contributed by atoms with Gasteiger partial charge in [0, 0.05) is 23.7 Å². The van der Waals surface area contributed by atoms with Gasteiger partial charge in [-0.05, 0) is 43.1 Å². The molecule has 41 heavy (non-hydrogen) atoms. The van der Waals surface area contributed by atoms with Gasteiger partial charge < -0.3 is 15.2 Å². The molecule has 10 heteroatoms. The molecule has 4 rings (SSSR count). The van der Waals surface area contributed by atoms with E-state index in [2.05, 4.69) is 5.32 Å². The first-order valence-corrected chi connectivity index (χ1v) is 13.5. The number of ether oxygens (including phenoxy) is 1. The number of carboxylic acids is 1. The van der Waals surface area contributed by atoms with E-state index in [-0.39, 0.29) is 30.1 Å². The topological polar surface area (TPSA) is 103 Å². The van der Waals surface area contributed by atoms with Gasteiger partial charge in [0.05, 0.1) is 36.8 Å². The first-order valence-electron chi connectivity index (χ1n) is 13.1. The summed E-state index contributed by atoms with van der Waals surface area (Å²) in [6.45, 7) is 1.95. The number of aryl methyl sites for hydroxylation is 1. The summed E-state index contributed by atoms with van der Waals surface area (Å²) in [5, 5.41) is 12.5. The van der Waals surface area contributed by atoms with Gasteiger partial charge in [-0.1, -0.05) is 66.2 Å². The number of hydrogen-bond acceptors (Lipinski definition) is 5. The summed E-state index contributed by atoms with van der Waals surface area (Å²) < 4.78 is 22.6. The molecule has 1 unspecified atom stereocenters. The molecule has 1 heterocycles. The number of carboxylic acid groups (broad SMARTS) is 1. The summed E-state index contributed by atoms with van der Waals surface area (Å²) in [7, 11) is 1.46. The Balaban J connectivity index is 1.86. The van der Waals surface area contributed by atoms with Crippen LogP contribution in [0.4, 0.5) is 4.39 Å². The average molecular weight is 580 g/mol. The smallest absolute Gasteiger partial charge is 0.331 e. The summed E-state index contributed by atoms with van der Waals surface area (Å²) in [5.74, 6) is -1.01. The van der Waals surface area contributed by atoms with Gasteiger partial charge in [0.15, 0.2) is 0 Å². The maximum Gasteiger partial charge on any atom is 0.331 e. The van der Waals surface area contributed by atoms with Crippen molar-refractivity contribution in [2.45, 2.75) is 38.9 Å². The molecule has 1 aromatic heterocycles. The van der Waals surface area contributed by atoms with Crippen molar-refractivity contribution in [1.82, 2.24) is 14.5 Å². The number of methoxy groups -OCH3 is 1. The van der Waals surface area contributed by atoms with Gasteiger partial charge in [-0.15, -0.1) is 0 Å². The van der Waals surface area contributed by atoms with Crippen molar-refractivity contribution in [3.05, 3.63) is 121 Å². The van der Waals surface area contributed by atoms with Crippen molar-refractivity contribution in [3.8, 4) is 16.9 Å². The summed E-state index contributed by atoms with van der Waals surface area (Å²) in [4.78, 5) is 38.8. The van der Waals surface area contributed by atoms with E-state index in [1.807, 2.05) is 30.3 Å². The zero-order valence-electron chi connectivity index (χ0n) is 22.8. The number of aliphatic carboxylic acids is 1. The molecular weight excluding hydrogens is 549 g/mol. The third kappa shape index (κ3) is 6.93. The molecule has 3 aromatic carbocycles. The van der Waals surface area contributed by atoms with E-state index in [0.29, 0.717) is 35.4 Å². The fraction of sp³-hybridized carbons (Fsp3) is 0.258. The van der Waals surface area contributed by atoms with Crippen molar-refractivity contribution in [3.63, 3.8) is 0 Å². The minimum absolute atomic E-state index is 0.0208. The number of nitrogens with one attached hydrogen (secondary N) is 1. The first-order chi connectivity index (χ1) is 19.7. The summed E-state index contributed by atoms with van der Waals surface area (Å²) in [6.07, 6.45) is 1.75. The van der Waals surface area contributed by atoms with Crippen LogP contribution in [0.3, 0.4) is 0 Å². The molecule has 0 aliphatic heterocycles. The van der Waals surface area contributed by atoms with E-state index >= 15 is 0 Å². The van der Waals surface area contributed by atoms with Crippen LogP contribution in [0.2, 0.25) is 5.02 Å². The van der Waals surface area contributed by atoms with Crippen LogP contribution in [0.25, 0.3) is 11.1 Å². The minimum Gasteiger partial charge on any atom is -0.495 e. The maximum absolute atomic E-state index is 14.8. The van der Waals surface area contributed by atoms with E-state index in [0.717, 1.165) is 10.1 Å². The fourth-order valence-electron chi connectivity index (χ4n) is 4.70. The Morgan fingerprint density at radius 1 is 1.05 bits per heavy atom. The highest BCUT2D eigenvalue weighted by Gasteiger charge is 2.21. The van der Waals surface area contributed by atoms with Gasteiger partial charge in [-0.25, -0.2) is 9.18 Å². The lowest BCUT2D eigenvalue weighted by Gasteiger charge is -2.22. The number of nitrogens with zero attached hydrogens (tertiary/aromatic N) is 2. The molecule has 1 atom stereocenters. The Morgan fingerprint density at radius 2 is 1.78 bits per heavy atom. The van der Waals surface area contributed by atoms with E-state index in [9.17, 15) is 18.8 Å². The normalized spacial score (nSPS) is 11.8.